The Bertz CT molecular complexity index is 893. The molecule has 0 spiro atoms. The van der Waals surface area contributed by atoms with Crippen LogP contribution in [0.15, 0.2) is 54.7 Å². The average Bonchev–Trinajstić information content (AvgIpc) is 3.03. The van der Waals surface area contributed by atoms with Gasteiger partial charge in [0.2, 0.25) is 5.78 Å². The first-order valence-corrected chi connectivity index (χ1v) is 8.08. The molecule has 1 aromatic heterocycles. The predicted molar refractivity (Wildman–Crippen MR) is 95.1 cm³/mol. The molecule has 0 radical (unpaired) electrons. The maximum atomic E-state index is 12.4. The van der Waals surface area contributed by atoms with E-state index in [1.54, 1.807) is 44.3 Å². The zero-order valence-electron chi connectivity index (χ0n) is 14.1. The molecule has 0 aliphatic heterocycles. The monoisotopic (exact) mass is 337 g/mol. The number of ether oxygens (including phenoxy) is 2. The summed E-state index contributed by atoms with van der Waals surface area (Å²) >= 11 is 0. The highest BCUT2D eigenvalue weighted by Crippen LogP contribution is 2.19. The van der Waals surface area contributed by atoms with Gasteiger partial charge in [-0.25, -0.2) is 4.79 Å². The molecule has 0 amide bonds. The molecule has 1 N–H and O–H groups in total. The lowest BCUT2D eigenvalue weighted by Gasteiger charge is -2.09. The van der Waals surface area contributed by atoms with E-state index in [1.165, 1.54) is 0 Å². The van der Waals surface area contributed by atoms with E-state index in [0.29, 0.717) is 16.9 Å². The highest BCUT2D eigenvalue weighted by molar-refractivity contribution is 6.08. The lowest BCUT2D eigenvalue weighted by molar-refractivity contribution is 0.0377. The van der Waals surface area contributed by atoms with Crippen molar-refractivity contribution in [1.29, 1.82) is 0 Å². The van der Waals surface area contributed by atoms with E-state index >= 15 is 0 Å². The van der Waals surface area contributed by atoms with E-state index in [2.05, 4.69) is 4.98 Å². The molecule has 0 aliphatic carbocycles. The van der Waals surface area contributed by atoms with E-state index < -0.39 is 0 Å². The van der Waals surface area contributed by atoms with Crippen LogP contribution in [0.4, 0.5) is 0 Å². The maximum absolute atomic E-state index is 12.4. The molecule has 5 nitrogen and oxygen atoms in total. The molecule has 0 unspecified atom stereocenters. The first kappa shape index (κ1) is 16.8. The van der Waals surface area contributed by atoms with Gasteiger partial charge in [-0.3, -0.25) is 4.79 Å². The number of para-hydroxylation sites is 1. The summed E-state index contributed by atoms with van der Waals surface area (Å²) in [6.45, 7) is 3.52. The van der Waals surface area contributed by atoms with E-state index in [4.69, 9.17) is 9.47 Å². The number of H-pyrrole nitrogens is 1. The third-order valence-corrected chi connectivity index (χ3v) is 3.69. The molecule has 128 valence electrons. The van der Waals surface area contributed by atoms with Crippen molar-refractivity contribution in [3.63, 3.8) is 0 Å². The Morgan fingerprint density at radius 3 is 2.48 bits per heavy atom. The third-order valence-electron chi connectivity index (χ3n) is 3.69. The van der Waals surface area contributed by atoms with Gasteiger partial charge in [0.25, 0.3) is 0 Å². The van der Waals surface area contributed by atoms with Crippen molar-refractivity contribution < 1.29 is 19.1 Å². The number of nitrogens with one attached hydrogen (secondary N) is 1. The molecule has 3 rings (SSSR count). The molecule has 0 saturated carbocycles. The second kappa shape index (κ2) is 7.21. The molecule has 0 atom stereocenters. The summed E-state index contributed by atoms with van der Waals surface area (Å²) in [6, 6.07) is 14.2. The molecule has 0 fully saturated rings. The number of fused-ring (bicyclic) bond motifs is 1. The smallest absolute Gasteiger partial charge is 0.338 e. The summed E-state index contributed by atoms with van der Waals surface area (Å²) in [5, 5.41) is 0.878. The van der Waals surface area contributed by atoms with E-state index in [9.17, 15) is 9.59 Å². The van der Waals surface area contributed by atoms with Crippen LogP contribution in [0.25, 0.3) is 10.9 Å². The maximum Gasteiger partial charge on any atom is 0.338 e. The Morgan fingerprint density at radius 1 is 1.04 bits per heavy atom. The minimum absolute atomic E-state index is 0.0718. The molecule has 25 heavy (non-hydrogen) atoms. The van der Waals surface area contributed by atoms with Gasteiger partial charge in [-0.15, -0.1) is 0 Å². The number of esters is 1. The fourth-order valence-electron chi connectivity index (χ4n) is 2.50. The molecule has 2 aromatic carbocycles. The van der Waals surface area contributed by atoms with Gasteiger partial charge in [-0.2, -0.15) is 0 Å². The van der Waals surface area contributed by atoms with E-state index in [0.717, 1.165) is 10.9 Å². The van der Waals surface area contributed by atoms with Crippen LogP contribution in [-0.4, -0.2) is 29.4 Å². The number of benzene rings is 2. The number of carbonyl (C=O) groups is 2. The number of ketones is 1. The van der Waals surface area contributed by atoms with Crippen LogP contribution >= 0.6 is 0 Å². The number of aromatic nitrogens is 1. The standard InChI is InChI=1S/C20H19NO4/c1-13(2)25-20(23)14-7-9-15(10-8-14)24-12-19(22)17-11-21-18-6-4-3-5-16(17)18/h3-11,13,21H,12H2,1-2H3. The molecule has 0 aliphatic rings. The van der Waals surface area contributed by atoms with Crippen molar-refractivity contribution in [1.82, 2.24) is 4.98 Å². The Morgan fingerprint density at radius 2 is 1.76 bits per heavy atom. The van der Waals surface area contributed by atoms with Crippen LogP contribution in [0.1, 0.15) is 34.6 Å². The van der Waals surface area contributed by atoms with Gasteiger partial charge in [0.1, 0.15) is 5.75 Å². The first-order valence-electron chi connectivity index (χ1n) is 8.08. The molecule has 0 saturated heterocycles. The summed E-state index contributed by atoms with van der Waals surface area (Å²) in [7, 11) is 0. The molecule has 0 bridgehead atoms. The van der Waals surface area contributed by atoms with Gasteiger partial charge >= 0.3 is 5.97 Å². The SMILES string of the molecule is CC(C)OC(=O)c1ccc(OCC(=O)c2c[nH]c3ccccc23)cc1. The fraction of sp³-hybridized carbons (Fsp3) is 0.200. The normalized spacial score (nSPS) is 10.8. The van der Waals surface area contributed by atoms with Crippen LogP contribution in [-0.2, 0) is 4.74 Å². The van der Waals surface area contributed by atoms with Gasteiger partial charge in [-0.05, 0) is 44.2 Å². The van der Waals surface area contributed by atoms with Crippen LogP contribution in [0, 0.1) is 0 Å². The lowest BCUT2D eigenvalue weighted by Crippen LogP contribution is -2.12. The minimum atomic E-state index is -0.378. The predicted octanol–water partition coefficient (Wildman–Crippen LogP) is 3.99. The van der Waals surface area contributed by atoms with Crippen molar-refractivity contribution in [3.05, 3.63) is 65.9 Å². The number of carbonyl (C=O) groups excluding carboxylic acids is 2. The Labute approximate surface area is 145 Å². The zero-order chi connectivity index (χ0) is 17.8. The molecular weight excluding hydrogens is 318 g/mol. The lowest BCUT2D eigenvalue weighted by atomic mass is 10.1. The summed E-state index contributed by atoms with van der Waals surface area (Å²) in [4.78, 5) is 27.2. The Balaban J connectivity index is 1.63. The van der Waals surface area contributed by atoms with E-state index in [-0.39, 0.29) is 24.5 Å². The second-order valence-electron chi connectivity index (χ2n) is 5.94. The molecule has 1 heterocycles. The number of hydrogen-bond acceptors (Lipinski definition) is 4. The zero-order valence-corrected chi connectivity index (χ0v) is 14.1. The topological polar surface area (TPSA) is 68.4 Å². The Hall–Kier alpha value is -3.08. The quantitative estimate of drug-likeness (QED) is 0.545. The van der Waals surface area contributed by atoms with E-state index in [1.807, 2.05) is 24.3 Å². The average molecular weight is 337 g/mol. The third kappa shape index (κ3) is 3.88. The Kier molecular flexibility index (Phi) is 4.84. The largest absolute Gasteiger partial charge is 0.485 e. The molecular formula is C20H19NO4. The number of rotatable bonds is 6. The minimum Gasteiger partial charge on any atom is -0.485 e. The fourth-order valence-corrected chi connectivity index (χ4v) is 2.50. The van der Waals surface area contributed by atoms with Gasteiger partial charge in [0.05, 0.1) is 11.7 Å². The van der Waals surface area contributed by atoms with Gasteiger partial charge in [0.15, 0.2) is 6.61 Å². The summed E-state index contributed by atoms with van der Waals surface area (Å²) in [6.07, 6.45) is 1.53. The number of Topliss-reactive ketones (excluding diaryl/α,β-unsaturated/α-hetero) is 1. The van der Waals surface area contributed by atoms with Crippen LogP contribution in [0.3, 0.4) is 0 Å². The van der Waals surface area contributed by atoms with Gasteiger partial charge in [-0.1, -0.05) is 18.2 Å². The van der Waals surface area contributed by atoms with Crippen molar-refractivity contribution in [2.75, 3.05) is 6.61 Å². The number of aromatic amines is 1. The van der Waals surface area contributed by atoms with Crippen LogP contribution in [0.2, 0.25) is 0 Å². The van der Waals surface area contributed by atoms with Crippen molar-refractivity contribution in [3.8, 4) is 5.75 Å². The number of hydrogen-bond donors (Lipinski definition) is 1. The summed E-state index contributed by atoms with van der Waals surface area (Å²) in [5.74, 6) is 0.0338. The summed E-state index contributed by atoms with van der Waals surface area (Å²) < 4.78 is 10.7. The van der Waals surface area contributed by atoms with Crippen molar-refractivity contribution in [2.45, 2.75) is 20.0 Å². The van der Waals surface area contributed by atoms with Gasteiger partial charge in [0, 0.05) is 22.7 Å². The molecule has 3 aromatic rings. The molecule has 5 heteroatoms. The highest BCUT2D eigenvalue weighted by atomic mass is 16.5. The van der Waals surface area contributed by atoms with Crippen LogP contribution in [0.5, 0.6) is 5.75 Å². The highest BCUT2D eigenvalue weighted by Gasteiger charge is 2.13. The summed E-state index contributed by atoms with van der Waals surface area (Å²) in [5.41, 5.74) is 1.97. The van der Waals surface area contributed by atoms with Crippen LogP contribution < -0.4 is 4.74 Å². The first-order chi connectivity index (χ1) is 12.0. The second-order valence-corrected chi connectivity index (χ2v) is 5.94. The van der Waals surface area contributed by atoms with Crippen molar-refractivity contribution >= 4 is 22.7 Å². The van der Waals surface area contributed by atoms with Crippen molar-refractivity contribution in [2.24, 2.45) is 0 Å². The van der Waals surface area contributed by atoms with Gasteiger partial charge < -0.3 is 14.5 Å².